The highest BCUT2D eigenvalue weighted by Crippen LogP contribution is 2.39. The average molecular weight is 432 g/mol. The van der Waals surface area contributed by atoms with Gasteiger partial charge in [0, 0.05) is 5.56 Å². The van der Waals surface area contributed by atoms with E-state index in [1.165, 1.54) is 0 Å². The Balaban J connectivity index is 2.14. The van der Waals surface area contributed by atoms with E-state index < -0.39 is 18.5 Å². The Morgan fingerprint density at radius 1 is 0.781 bits per heavy atom. The first-order chi connectivity index (χ1) is 15.5. The Bertz CT molecular complexity index is 1160. The number of ether oxygens (including phenoxy) is 2. The van der Waals surface area contributed by atoms with Gasteiger partial charge in [0.15, 0.2) is 11.5 Å². The fourth-order valence-electron chi connectivity index (χ4n) is 2.99. The van der Waals surface area contributed by atoms with Crippen LogP contribution in [0.5, 0.6) is 11.5 Å². The molecule has 7 nitrogen and oxygen atoms in total. The molecule has 0 aliphatic heterocycles. The van der Waals surface area contributed by atoms with Crippen molar-refractivity contribution in [2.24, 2.45) is 0 Å². The molecular formula is C25H20O7. The Morgan fingerprint density at radius 2 is 1.31 bits per heavy atom. The Morgan fingerprint density at radius 3 is 1.78 bits per heavy atom. The molecule has 0 heterocycles. The fourth-order valence-corrected chi connectivity index (χ4v) is 2.99. The molecule has 0 radical (unpaired) electrons. The van der Waals surface area contributed by atoms with Crippen molar-refractivity contribution in [2.75, 3.05) is 6.61 Å². The largest absolute Gasteiger partial charge is 0.484 e. The highest BCUT2D eigenvalue weighted by atomic mass is 16.5. The first kappa shape index (κ1) is 22.4. The topological polar surface area (TPSA) is 113 Å². The molecule has 0 amide bonds. The normalized spacial score (nSPS) is 10.0. The van der Waals surface area contributed by atoms with Gasteiger partial charge < -0.3 is 24.8 Å². The molecular weight excluding hydrogens is 412 g/mol. The van der Waals surface area contributed by atoms with E-state index in [-0.39, 0.29) is 41.4 Å². The van der Waals surface area contributed by atoms with Crippen LogP contribution >= 0.6 is 0 Å². The zero-order valence-corrected chi connectivity index (χ0v) is 16.9. The van der Waals surface area contributed by atoms with Crippen LogP contribution in [0, 0.1) is 11.8 Å². The SMILES string of the molecule is O=C(O)c1cc(C#CCO)c(C(=O)O)c(OCc2ccccc2)c1OCc1ccccc1. The molecule has 0 aromatic heterocycles. The molecule has 3 aromatic carbocycles. The minimum atomic E-state index is -1.36. The molecule has 0 unspecified atom stereocenters. The highest BCUT2D eigenvalue weighted by Gasteiger charge is 2.28. The molecule has 0 atom stereocenters. The van der Waals surface area contributed by atoms with E-state index in [0.717, 1.165) is 17.2 Å². The van der Waals surface area contributed by atoms with Crippen LogP contribution in [-0.4, -0.2) is 33.9 Å². The summed E-state index contributed by atoms with van der Waals surface area (Å²) in [5.41, 5.74) is 0.783. The molecule has 7 heteroatoms. The van der Waals surface area contributed by atoms with Crippen molar-refractivity contribution >= 4 is 11.9 Å². The molecule has 162 valence electrons. The second kappa shape index (κ2) is 10.7. The van der Waals surface area contributed by atoms with Gasteiger partial charge in [-0.2, -0.15) is 0 Å². The van der Waals surface area contributed by atoms with E-state index in [1.54, 1.807) is 48.5 Å². The lowest BCUT2D eigenvalue weighted by atomic mass is 10.0. The lowest BCUT2D eigenvalue weighted by Gasteiger charge is -2.18. The number of aliphatic hydroxyl groups is 1. The maximum Gasteiger partial charge on any atom is 0.340 e. The molecule has 32 heavy (non-hydrogen) atoms. The van der Waals surface area contributed by atoms with Crippen LogP contribution in [0.15, 0.2) is 66.7 Å². The first-order valence-electron chi connectivity index (χ1n) is 9.62. The van der Waals surface area contributed by atoms with Crippen LogP contribution in [0.4, 0.5) is 0 Å². The highest BCUT2D eigenvalue weighted by molar-refractivity contribution is 6.00. The maximum absolute atomic E-state index is 12.1. The van der Waals surface area contributed by atoms with Crippen molar-refractivity contribution in [3.63, 3.8) is 0 Å². The number of rotatable bonds is 8. The minimum Gasteiger partial charge on any atom is -0.484 e. The second-order valence-corrected chi connectivity index (χ2v) is 6.62. The van der Waals surface area contributed by atoms with Gasteiger partial charge in [-0.05, 0) is 17.2 Å². The van der Waals surface area contributed by atoms with Crippen molar-refractivity contribution in [1.82, 2.24) is 0 Å². The van der Waals surface area contributed by atoms with Crippen LogP contribution in [0.1, 0.15) is 37.4 Å². The van der Waals surface area contributed by atoms with Crippen LogP contribution in [0.3, 0.4) is 0 Å². The lowest BCUT2D eigenvalue weighted by Crippen LogP contribution is -2.13. The maximum atomic E-state index is 12.1. The van der Waals surface area contributed by atoms with Crippen molar-refractivity contribution < 1.29 is 34.4 Å². The number of carboxylic acids is 2. The third-order valence-corrected chi connectivity index (χ3v) is 4.43. The smallest absolute Gasteiger partial charge is 0.340 e. The average Bonchev–Trinajstić information content (AvgIpc) is 2.80. The van der Waals surface area contributed by atoms with Gasteiger partial charge >= 0.3 is 11.9 Å². The Hall–Kier alpha value is -4.28. The zero-order valence-electron chi connectivity index (χ0n) is 16.9. The third-order valence-electron chi connectivity index (χ3n) is 4.43. The van der Waals surface area contributed by atoms with Gasteiger partial charge in [0.25, 0.3) is 0 Å². The van der Waals surface area contributed by atoms with Gasteiger partial charge in [-0.15, -0.1) is 0 Å². The third kappa shape index (κ3) is 5.45. The summed E-state index contributed by atoms with van der Waals surface area (Å²) in [5.74, 6) is 1.72. The molecule has 0 fully saturated rings. The molecule has 0 spiro atoms. The number of hydrogen-bond acceptors (Lipinski definition) is 5. The van der Waals surface area contributed by atoms with Crippen molar-refractivity contribution in [1.29, 1.82) is 0 Å². The lowest BCUT2D eigenvalue weighted by molar-refractivity contribution is 0.0670. The van der Waals surface area contributed by atoms with Gasteiger partial charge in [-0.25, -0.2) is 9.59 Å². The van der Waals surface area contributed by atoms with E-state index >= 15 is 0 Å². The zero-order chi connectivity index (χ0) is 22.9. The quantitative estimate of drug-likeness (QED) is 0.466. The number of benzene rings is 3. The summed E-state index contributed by atoms with van der Waals surface area (Å²) in [5, 5.41) is 28.7. The van der Waals surface area contributed by atoms with Crippen LogP contribution in [-0.2, 0) is 13.2 Å². The molecule has 0 aliphatic rings. The molecule has 0 bridgehead atoms. The molecule has 3 aromatic rings. The number of carbonyl (C=O) groups is 2. The molecule has 0 aliphatic carbocycles. The monoisotopic (exact) mass is 432 g/mol. The predicted octanol–water partition coefficient (Wildman–Crippen LogP) is 3.58. The number of aliphatic hydroxyl groups excluding tert-OH is 1. The fraction of sp³-hybridized carbons (Fsp3) is 0.120. The van der Waals surface area contributed by atoms with E-state index in [0.29, 0.717) is 0 Å². The van der Waals surface area contributed by atoms with Gasteiger partial charge in [0.2, 0.25) is 0 Å². The standard InChI is InChI=1S/C25H20O7/c26-13-7-12-19-14-20(24(27)28)22(31-15-17-8-3-1-4-9-17)23(21(19)25(29)30)32-16-18-10-5-2-6-11-18/h1-6,8-11,14,26H,13,15-16H2,(H,27,28)(H,29,30). The van der Waals surface area contributed by atoms with Crippen LogP contribution in [0.25, 0.3) is 0 Å². The summed E-state index contributed by atoms with van der Waals surface area (Å²) < 4.78 is 11.6. The van der Waals surface area contributed by atoms with Crippen molar-refractivity contribution in [2.45, 2.75) is 13.2 Å². The number of carboxylic acid groups (broad SMARTS) is 2. The van der Waals surface area contributed by atoms with Gasteiger partial charge in [-0.1, -0.05) is 72.5 Å². The Labute approximate surface area is 184 Å². The molecule has 0 saturated heterocycles. The van der Waals surface area contributed by atoms with E-state index in [1.807, 2.05) is 12.1 Å². The van der Waals surface area contributed by atoms with Crippen molar-refractivity contribution in [3.05, 3.63) is 94.5 Å². The molecule has 0 saturated carbocycles. The number of aromatic carboxylic acids is 2. The first-order valence-corrected chi connectivity index (χ1v) is 9.62. The minimum absolute atomic E-state index is 0.00351. The van der Waals surface area contributed by atoms with E-state index in [4.69, 9.17) is 14.6 Å². The summed E-state index contributed by atoms with van der Waals surface area (Å²) >= 11 is 0. The van der Waals surface area contributed by atoms with Crippen LogP contribution < -0.4 is 9.47 Å². The molecule has 3 rings (SSSR count). The summed E-state index contributed by atoms with van der Waals surface area (Å²) in [6, 6.07) is 19.2. The molecule has 3 N–H and O–H groups in total. The van der Waals surface area contributed by atoms with Gasteiger partial charge in [-0.3, -0.25) is 0 Å². The number of hydrogen-bond donors (Lipinski definition) is 3. The van der Waals surface area contributed by atoms with Gasteiger partial charge in [0.05, 0.1) is 0 Å². The van der Waals surface area contributed by atoms with E-state index in [9.17, 15) is 19.8 Å². The van der Waals surface area contributed by atoms with Gasteiger partial charge in [0.1, 0.15) is 30.9 Å². The second-order valence-electron chi connectivity index (χ2n) is 6.62. The Kier molecular flexibility index (Phi) is 7.46. The summed E-state index contributed by atoms with van der Waals surface area (Å²) in [4.78, 5) is 24.1. The van der Waals surface area contributed by atoms with Crippen LogP contribution in [0.2, 0.25) is 0 Å². The van der Waals surface area contributed by atoms with E-state index in [2.05, 4.69) is 11.8 Å². The summed E-state index contributed by atoms with van der Waals surface area (Å²) in [7, 11) is 0. The summed E-state index contributed by atoms with van der Waals surface area (Å²) in [6.07, 6.45) is 0. The van der Waals surface area contributed by atoms with Crippen molar-refractivity contribution in [3.8, 4) is 23.3 Å². The summed E-state index contributed by atoms with van der Waals surface area (Å²) in [6.45, 7) is -0.532. The predicted molar refractivity (Wildman–Crippen MR) is 116 cm³/mol.